The van der Waals surface area contributed by atoms with E-state index in [9.17, 15) is 14.7 Å². The Morgan fingerprint density at radius 3 is 2.17 bits per heavy atom. The molecular formula is C19H28O4. The van der Waals surface area contributed by atoms with Crippen LogP contribution in [0.4, 0.5) is 0 Å². The molecule has 2 aliphatic rings. The molecule has 2 aliphatic carbocycles. The molecule has 0 heterocycles. The molecule has 0 amide bonds. The van der Waals surface area contributed by atoms with E-state index in [1.807, 2.05) is 13.8 Å². The summed E-state index contributed by atoms with van der Waals surface area (Å²) in [6.45, 7) is 6.55. The van der Waals surface area contributed by atoms with Crippen molar-refractivity contribution >= 4 is 11.9 Å². The van der Waals surface area contributed by atoms with E-state index < -0.39 is 11.9 Å². The van der Waals surface area contributed by atoms with Crippen LogP contribution in [0.3, 0.4) is 0 Å². The summed E-state index contributed by atoms with van der Waals surface area (Å²) in [5, 5.41) is 9.46. The lowest BCUT2D eigenvalue weighted by Gasteiger charge is -2.19. The molecule has 2 rings (SSSR count). The smallest absolute Gasteiger partial charge is 0.335 e. The highest BCUT2D eigenvalue weighted by atomic mass is 16.5. The van der Waals surface area contributed by atoms with E-state index >= 15 is 0 Å². The first-order valence-electron chi connectivity index (χ1n) is 8.80. The SMILES string of the molecule is CCCCCCCCOC(=O)C1=C(C(=O)O)C2CC1C(C)=C2C. The number of rotatable bonds is 9. The van der Waals surface area contributed by atoms with Gasteiger partial charge >= 0.3 is 11.9 Å². The molecule has 0 fully saturated rings. The van der Waals surface area contributed by atoms with Gasteiger partial charge in [-0.1, -0.05) is 50.2 Å². The molecule has 0 radical (unpaired) electrons. The Hall–Kier alpha value is -1.58. The van der Waals surface area contributed by atoms with E-state index in [1.54, 1.807) is 0 Å². The molecule has 128 valence electrons. The number of carbonyl (C=O) groups excluding carboxylic acids is 1. The molecule has 2 unspecified atom stereocenters. The molecule has 23 heavy (non-hydrogen) atoms. The third kappa shape index (κ3) is 3.67. The van der Waals surface area contributed by atoms with E-state index in [0.717, 1.165) is 30.4 Å². The van der Waals surface area contributed by atoms with Crippen LogP contribution in [0.1, 0.15) is 65.7 Å². The lowest BCUT2D eigenvalue weighted by atomic mass is 9.87. The van der Waals surface area contributed by atoms with Gasteiger partial charge in [0.1, 0.15) is 0 Å². The Bertz CT molecular complexity index is 542. The van der Waals surface area contributed by atoms with Gasteiger partial charge in [-0.15, -0.1) is 0 Å². The number of fused-ring (bicyclic) bond motifs is 2. The van der Waals surface area contributed by atoms with Crippen LogP contribution in [0.15, 0.2) is 22.3 Å². The summed E-state index contributed by atoms with van der Waals surface area (Å²) in [5.74, 6) is -1.55. The lowest BCUT2D eigenvalue weighted by Crippen LogP contribution is -2.21. The van der Waals surface area contributed by atoms with Gasteiger partial charge in [-0.3, -0.25) is 0 Å². The number of carboxylic acid groups (broad SMARTS) is 1. The van der Waals surface area contributed by atoms with Crippen molar-refractivity contribution in [2.75, 3.05) is 6.61 Å². The Balaban J connectivity index is 1.89. The summed E-state index contributed by atoms with van der Waals surface area (Å²) in [6.07, 6.45) is 7.50. The van der Waals surface area contributed by atoms with Crippen LogP contribution in [0, 0.1) is 11.8 Å². The van der Waals surface area contributed by atoms with E-state index in [1.165, 1.54) is 25.7 Å². The minimum absolute atomic E-state index is 0.0526. The van der Waals surface area contributed by atoms with Crippen molar-refractivity contribution in [3.8, 4) is 0 Å². The first-order valence-corrected chi connectivity index (χ1v) is 8.80. The maximum atomic E-state index is 12.4. The summed E-state index contributed by atoms with van der Waals surface area (Å²) in [6, 6.07) is 0. The van der Waals surface area contributed by atoms with Crippen LogP contribution in [0.2, 0.25) is 0 Å². The quantitative estimate of drug-likeness (QED) is 0.392. The number of carboxylic acids is 1. The zero-order valence-electron chi connectivity index (χ0n) is 14.5. The molecule has 4 nitrogen and oxygen atoms in total. The van der Waals surface area contributed by atoms with Crippen molar-refractivity contribution < 1.29 is 19.4 Å². The number of ether oxygens (including phenoxy) is 1. The maximum absolute atomic E-state index is 12.4. The predicted molar refractivity (Wildman–Crippen MR) is 89.0 cm³/mol. The van der Waals surface area contributed by atoms with Crippen LogP contribution in [-0.2, 0) is 14.3 Å². The number of carbonyl (C=O) groups is 2. The molecule has 2 bridgehead atoms. The van der Waals surface area contributed by atoms with Crippen molar-refractivity contribution in [1.82, 2.24) is 0 Å². The topological polar surface area (TPSA) is 63.6 Å². The maximum Gasteiger partial charge on any atom is 0.335 e. The second-order valence-corrected chi connectivity index (χ2v) is 6.74. The summed E-state index contributed by atoms with van der Waals surface area (Å²) < 4.78 is 5.37. The fourth-order valence-electron chi connectivity index (χ4n) is 3.82. The third-order valence-electron chi connectivity index (χ3n) is 5.31. The molecule has 0 saturated heterocycles. The molecule has 1 N–H and O–H groups in total. The van der Waals surface area contributed by atoms with Crippen molar-refractivity contribution in [2.24, 2.45) is 11.8 Å². The van der Waals surface area contributed by atoms with Gasteiger partial charge in [-0.25, -0.2) is 9.59 Å². The molecule has 2 atom stereocenters. The minimum Gasteiger partial charge on any atom is -0.478 e. The number of esters is 1. The lowest BCUT2D eigenvalue weighted by molar-refractivity contribution is -0.140. The van der Waals surface area contributed by atoms with E-state index in [2.05, 4.69) is 6.92 Å². The highest BCUT2D eigenvalue weighted by molar-refractivity contribution is 6.03. The number of unbranched alkanes of at least 4 members (excludes halogenated alkanes) is 5. The van der Waals surface area contributed by atoms with E-state index in [4.69, 9.17) is 4.74 Å². The highest BCUT2D eigenvalue weighted by Crippen LogP contribution is 2.52. The minimum atomic E-state index is -0.976. The van der Waals surface area contributed by atoms with Crippen LogP contribution in [-0.4, -0.2) is 23.7 Å². The van der Waals surface area contributed by atoms with Gasteiger partial charge in [-0.2, -0.15) is 0 Å². The molecule has 0 spiro atoms. The molecule has 0 aromatic carbocycles. The van der Waals surface area contributed by atoms with Gasteiger partial charge in [0, 0.05) is 11.8 Å². The zero-order chi connectivity index (χ0) is 17.0. The zero-order valence-corrected chi connectivity index (χ0v) is 14.5. The molecular weight excluding hydrogens is 292 g/mol. The number of hydrogen-bond donors (Lipinski definition) is 1. The van der Waals surface area contributed by atoms with Gasteiger partial charge in [0.25, 0.3) is 0 Å². The van der Waals surface area contributed by atoms with Crippen molar-refractivity contribution in [3.63, 3.8) is 0 Å². The van der Waals surface area contributed by atoms with Gasteiger partial charge in [-0.05, 0) is 26.7 Å². The Morgan fingerprint density at radius 1 is 1.00 bits per heavy atom. The normalized spacial score (nSPS) is 22.9. The van der Waals surface area contributed by atoms with E-state index in [0.29, 0.717) is 12.2 Å². The van der Waals surface area contributed by atoms with Crippen molar-refractivity contribution in [1.29, 1.82) is 0 Å². The van der Waals surface area contributed by atoms with Crippen LogP contribution in [0.25, 0.3) is 0 Å². The average Bonchev–Trinajstić information content (AvgIpc) is 3.04. The van der Waals surface area contributed by atoms with Gasteiger partial charge in [0.2, 0.25) is 0 Å². The summed E-state index contributed by atoms with van der Waals surface area (Å²) in [7, 11) is 0. The van der Waals surface area contributed by atoms with Gasteiger partial charge < -0.3 is 9.84 Å². The molecule has 0 aliphatic heterocycles. The predicted octanol–water partition coefficient (Wildman–Crippen LogP) is 4.26. The number of hydrogen-bond acceptors (Lipinski definition) is 3. The fraction of sp³-hybridized carbons (Fsp3) is 0.684. The molecule has 0 aromatic heterocycles. The second-order valence-electron chi connectivity index (χ2n) is 6.74. The summed E-state index contributed by atoms with van der Waals surface area (Å²) >= 11 is 0. The van der Waals surface area contributed by atoms with E-state index in [-0.39, 0.29) is 17.4 Å². The summed E-state index contributed by atoms with van der Waals surface area (Å²) in [5.41, 5.74) is 2.93. The number of allylic oxidation sites excluding steroid dienone is 2. The van der Waals surface area contributed by atoms with Crippen LogP contribution in [0.5, 0.6) is 0 Å². The average molecular weight is 320 g/mol. The summed E-state index contributed by atoms with van der Waals surface area (Å²) in [4.78, 5) is 23.9. The van der Waals surface area contributed by atoms with Gasteiger partial charge in [0.05, 0.1) is 17.8 Å². The molecule has 4 heteroatoms. The highest BCUT2D eigenvalue weighted by Gasteiger charge is 2.47. The Morgan fingerprint density at radius 2 is 1.57 bits per heavy atom. The van der Waals surface area contributed by atoms with Crippen LogP contribution >= 0.6 is 0 Å². The fourth-order valence-corrected chi connectivity index (χ4v) is 3.82. The first kappa shape index (κ1) is 17.8. The van der Waals surface area contributed by atoms with Gasteiger partial charge in [0.15, 0.2) is 0 Å². The molecule has 0 saturated carbocycles. The third-order valence-corrected chi connectivity index (χ3v) is 5.31. The largest absolute Gasteiger partial charge is 0.478 e. The van der Waals surface area contributed by atoms with Crippen LogP contribution < -0.4 is 0 Å². The Labute approximate surface area is 138 Å². The second kappa shape index (κ2) is 7.80. The monoisotopic (exact) mass is 320 g/mol. The van der Waals surface area contributed by atoms with Crippen molar-refractivity contribution in [2.45, 2.75) is 65.7 Å². The molecule has 0 aromatic rings. The standard InChI is InChI=1S/C19H28O4/c1-4-5-6-7-8-9-10-23-19(22)17-15-11-14(12(2)13(15)3)16(17)18(20)21/h14-15H,4-11H2,1-3H3,(H,20,21). The number of aliphatic carboxylic acids is 1. The Kier molecular flexibility index (Phi) is 6.03. The first-order chi connectivity index (χ1) is 11.0. The van der Waals surface area contributed by atoms with Crippen molar-refractivity contribution in [3.05, 3.63) is 22.3 Å².